The normalized spacial score (nSPS) is 12.0. The van der Waals surface area contributed by atoms with E-state index in [-0.39, 0.29) is 4.83 Å². The largest absolute Gasteiger partial charge is 0.497 e. The molecule has 0 saturated heterocycles. The van der Waals surface area contributed by atoms with Gasteiger partial charge in [-0.3, -0.25) is 0 Å². The van der Waals surface area contributed by atoms with Gasteiger partial charge >= 0.3 is 0 Å². The van der Waals surface area contributed by atoms with E-state index in [0.717, 1.165) is 11.6 Å². The van der Waals surface area contributed by atoms with Crippen LogP contribution in [0, 0.1) is 11.6 Å². The Bertz CT molecular complexity index is 609. The molecular formula is C16H15BrF2O2. The molecular weight excluding hydrogens is 342 g/mol. The van der Waals surface area contributed by atoms with Crippen LogP contribution >= 0.6 is 15.9 Å². The van der Waals surface area contributed by atoms with Gasteiger partial charge in [-0.2, -0.15) is 0 Å². The van der Waals surface area contributed by atoms with E-state index >= 15 is 0 Å². The highest BCUT2D eigenvalue weighted by Gasteiger charge is 2.13. The number of hydrogen-bond acceptors (Lipinski definition) is 2. The molecule has 0 spiro atoms. The second-order valence-corrected chi connectivity index (χ2v) is 5.67. The predicted octanol–water partition coefficient (Wildman–Crippen LogP) is 4.66. The summed E-state index contributed by atoms with van der Waals surface area (Å²) >= 11 is 3.57. The fourth-order valence-corrected chi connectivity index (χ4v) is 2.64. The predicted molar refractivity (Wildman–Crippen MR) is 81.3 cm³/mol. The van der Waals surface area contributed by atoms with Crippen molar-refractivity contribution in [1.29, 1.82) is 0 Å². The summed E-state index contributed by atoms with van der Waals surface area (Å²) in [5, 5.41) is 0. The first-order valence-corrected chi connectivity index (χ1v) is 7.26. The van der Waals surface area contributed by atoms with Crippen molar-refractivity contribution in [2.75, 3.05) is 14.2 Å². The smallest absolute Gasteiger partial charge is 0.159 e. The van der Waals surface area contributed by atoms with Crippen molar-refractivity contribution in [3.8, 4) is 11.5 Å². The van der Waals surface area contributed by atoms with Crippen molar-refractivity contribution in [3.63, 3.8) is 0 Å². The van der Waals surface area contributed by atoms with Crippen LogP contribution < -0.4 is 9.47 Å². The molecule has 2 nitrogen and oxygen atoms in total. The molecule has 2 aromatic rings. The van der Waals surface area contributed by atoms with Crippen molar-refractivity contribution >= 4 is 15.9 Å². The van der Waals surface area contributed by atoms with Crippen LogP contribution in [0.15, 0.2) is 36.4 Å². The van der Waals surface area contributed by atoms with Crippen LogP contribution in [0.5, 0.6) is 11.5 Å². The Morgan fingerprint density at radius 1 is 0.952 bits per heavy atom. The highest BCUT2D eigenvalue weighted by atomic mass is 79.9. The van der Waals surface area contributed by atoms with E-state index in [9.17, 15) is 8.78 Å². The monoisotopic (exact) mass is 356 g/mol. The zero-order valence-corrected chi connectivity index (χ0v) is 13.3. The Balaban J connectivity index is 2.22. The van der Waals surface area contributed by atoms with Crippen LogP contribution in [0.2, 0.25) is 0 Å². The Labute approximate surface area is 130 Å². The number of benzene rings is 2. The van der Waals surface area contributed by atoms with Gasteiger partial charge in [0.2, 0.25) is 0 Å². The third kappa shape index (κ3) is 3.94. The van der Waals surface area contributed by atoms with E-state index in [2.05, 4.69) is 15.9 Å². The van der Waals surface area contributed by atoms with Gasteiger partial charge in [0.1, 0.15) is 11.5 Å². The van der Waals surface area contributed by atoms with Gasteiger partial charge in [-0.25, -0.2) is 8.78 Å². The van der Waals surface area contributed by atoms with Crippen LogP contribution in [-0.2, 0) is 6.42 Å². The minimum Gasteiger partial charge on any atom is -0.497 e. The van der Waals surface area contributed by atoms with Gasteiger partial charge in [-0.05, 0) is 41.8 Å². The average Bonchev–Trinajstić information content (AvgIpc) is 2.50. The summed E-state index contributed by atoms with van der Waals surface area (Å²) in [6.45, 7) is 0. The van der Waals surface area contributed by atoms with Gasteiger partial charge in [0.15, 0.2) is 11.6 Å². The van der Waals surface area contributed by atoms with Gasteiger partial charge in [0.05, 0.1) is 14.2 Å². The van der Waals surface area contributed by atoms with Crippen LogP contribution in [0.1, 0.15) is 16.0 Å². The van der Waals surface area contributed by atoms with Crippen LogP contribution in [0.4, 0.5) is 8.78 Å². The molecule has 0 heterocycles. The quantitative estimate of drug-likeness (QED) is 0.725. The highest BCUT2D eigenvalue weighted by molar-refractivity contribution is 9.09. The van der Waals surface area contributed by atoms with E-state index in [1.807, 2.05) is 12.1 Å². The summed E-state index contributed by atoms with van der Waals surface area (Å²) < 4.78 is 36.6. The van der Waals surface area contributed by atoms with Crippen LogP contribution in [0.3, 0.4) is 0 Å². The molecule has 0 fully saturated rings. The maximum absolute atomic E-state index is 13.2. The Morgan fingerprint density at radius 2 is 1.57 bits per heavy atom. The molecule has 0 aliphatic heterocycles. The molecule has 0 aromatic heterocycles. The van der Waals surface area contributed by atoms with Crippen molar-refractivity contribution < 1.29 is 18.3 Å². The molecule has 1 unspecified atom stereocenters. The molecule has 0 bridgehead atoms. The number of hydrogen-bond donors (Lipinski definition) is 0. The zero-order valence-electron chi connectivity index (χ0n) is 11.7. The minimum atomic E-state index is -0.840. The lowest BCUT2D eigenvalue weighted by molar-refractivity contribution is 0.393. The molecule has 2 aromatic carbocycles. The van der Waals surface area contributed by atoms with Crippen molar-refractivity contribution in [2.24, 2.45) is 0 Å². The minimum absolute atomic E-state index is 0.0636. The van der Waals surface area contributed by atoms with Crippen molar-refractivity contribution in [3.05, 3.63) is 59.2 Å². The highest BCUT2D eigenvalue weighted by Crippen LogP contribution is 2.33. The van der Waals surface area contributed by atoms with Gasteiger partial charge in [-0.1, -0.05) is 22.0 Å². The lowest BCUT2D eigenvalue weighted by Crippen LogP contribution is -1.99. The molecule has 0 amide bonds. The second-order valence-electron chi connectivity index (χ2n) is 4.57. The molecule has 0 N–H and O–H groups in total. The summed E-state index contributed by atoms with van der Waals surface area (Å²) in [5.74, 6) is -0.318. The summed E-state index contributed by atoms with van der Waals surface area (Å²) in [4.78, 5) is -0.0636. The topological polar surface area (TPSA) is 18.5 Å². The molecule has 0 radical (unpaired) electrons. The van der Waals surface area contributed by atoms with E-state index in [1.54, 1.807) is 26.4 Å². The molecule has 0 aliphatic rings. The molecule has 1 atom stereocenters. The summed E-state index contributed by atoms with van der Waals surface area (Å²) in [6, 6.07) is 9.45. The SMILES string of the molecule is COc1cc(OC)cc(C(Br)Cc2ccc(F)c(F)c2)c1. The summed E-state index contributed by atoms with van der Waals surface area (Å²) in [5.41, 5.74) is 1.65. The summed E-state index contributed by atoms with van der Waals surface area (Å²) in [6.07, 6.45) is 0.521. The molecule has 112 valence electrons. The average molecular weight is 357 g/mol. The van der Waals surface area contributed by atoms with Crippen LogP contribution in [-0.4, -0.2) is 14.2 Å². The van der Waals surface area contributed by atoms with E-state index in [0.29, 0.717) is 23.5 Å². The Kier molecular flexibility index (Phi) is 5.17. The maximum Gasteiger partial charge on any atom is 0.159 e. The third-order valence-corrected chi connectivity index (χ3v) is 3.99. The van der Waals surface area contributed by atoms with Crippen molar-refractivity contribution in [2.45, 2.75) is 11.2 Å². The fourth-order valence-electron chi connectivity index (χ4n) is 2.00. The molecule has 5 heteroatoms. The lowest BCUT2D eigenvalue weighted by Gasteiger charge is -2.14. The zero-order chi connectivity index (χ0) is 15.4. The first-order chi connectivity index (χ1) is 10.0. The molecule has 21 heavy (non-hydrogen) atoms. The number of methoxy groups -OCH3 is 2. The van der Waals surface area contributed by atoms with E-state index in [4.69, 9.17) is 9.47 Å². The maximum atomic E-state index is 13.2. The molecule has 0 aliphatic carbocycles. The lowest BCUT2D eigenvalue weighted by atomic mass is 10.0. The molecule has 2 rings (SSSR count). The number of alkyl halides is 1. The standard InChI is InChI=1S/C16H15BrF2O2/c1-20-12-7-11(8-13(9-12)21-2)14(17)5-10-3-4-15(18)16(19)6-10/h3-4,6-9,14H,5H2,1-2H3. The van der Waals surface area contributed by atoms with E-state index in [1.165, 1.54) is 6.07 Å². The van der Waals surface area contributed by atoms with Gasteiger partial charge in [0, 0.05) is 10.9 Å². The Morgan fingerprint density at radius 3 is 2.10 bits per heavy atom. The second kappa shape index (κ2) is 6.89. The third-order valence-electron chi connectivity index (χ3n) is 3.13. The van der Waals surface area contributed by atoms with E-state index < -0.39 is 11.6 Å². The fraction of sp³-hybridized carbons (Fsp3) is 0.250. The summed E-state index contributed by atoms with van der Waals surface area (Å²) in [7, 11) is 3.16. The van der Waals surface area contributed by atoms with Gasteiger partial charge in [-0.15, -0.1) is 0 Å². The van der Waals surface area contributed by atoms with Crippen LogP contribution in [0.25, 0.3) is 0 Å². The number of halogens is 3. The molecule has 0 saturated carbocycles. The first kappa shape index (κ1) is 15.8. The number of ether oxygens (including phenoxy) is 2. The van der Waals surface area contributed by atoms with Crippen molar-refractivity contribution in [1.82, 2.24) is 0 Å². The first-order valence-electron chi connectivity index (χ1n) is 6.34. The number of rotatable bonds is 5. The Hall–Kier alpha value is -1.62. The van der Waals surface area contributed by atoms with Gasteiger partial charge in [0.25, 0.3) is 0 Å². The van der Waals surface area contributed by atoms with Gasteiger partial charge < -0.3 is 9.47 Å².